The molecular weight excluding hydrogens is 275 g/mol. The van der Waals surface area contributed by atoms with Gasteiger partial charge in [0.05, 0.1) is 13.2 Å². The number of rotatable bonds is 1. The van der Waals surface area contributed by atoms with Crippen LogP contribution >= 0.6 is 11.6 Å². The highest BCUT2D eigenvalue weighted by Crippen LogP contribution is 2.40. The van der Waals surface area contributed by atoms with Crippen LogP contribution in [0.3, 0.4) is 0 Å². The van der Waals surface area contributed by atoms with Gasteiger partial charge in [-0.2, -0.15) is 0 Å². The number of fused-ring (bicyclic) bond motifs is 1. The Balaban J connectivity index is 1.95. The van der Waals surface area contributed by atoms with Gasteiger partial charge in [-0.05, 0) is 23.3 Å². The minimum atomic E-state index is -1.24. The topological polar surface area (TPSA) is 58.9 Å². The summed E-state index contributed by atoms with van der Waals surface area (Å²) in [5, 5.41) is 19.9. The van der Waals surface area contributed by atoms with Crippen LogP contribution in [-0.2, 0) is 9.47 Å². The van der Waals surface area contributed by atoms with Gasteiger partial charge in [0.15, 0.2) is 0 Å². The van der Waals surface area contributed by atoms with E-state index in [0.29, 0.717) is 16.1 Å². The van der Waals surface area contributed by atoms with Crippen molar-refractivity contribution in [3.8, 4) is 0 Å². The molecule has 104 valence electrons. The Labute approximate surface area is 114 Å². The van der Waals surface area contributed by atoms with E-state index < -0.39 is 30.6 Å². The maximum atomic E-state index is 13.9. The third-order valence-electron chi connectivity index (χ3n) is 3.60. The zero-order valence-corrected chi connectivity index (χ0v) is 10.8. The molecule has 0 unspecified atom stereocenters. The standard InChI is InChI=1S/C13H14ClFO4/c14-6-1-2-7-8(3-6)9(15)4-18-12(7)13-11(17)10(16)5-19-13/h1-3,9-13,16-17H,4-5H2/t9-,10+,11+,12-,13+/m1/s1. The number of aliphatic hydroxyl groups excluding tert-OH is 2. The third-order valence-corrected chi connectivity index (χ3v) is 3.84. The van der Waals surface area contributed by atoms with Crippen LogP contribution in [0.5, 0.6) is 0 Å². The summed E-state index contributed by atoms with van der Waals surface area (Å²) in [5.41, 5.74) is 1.07. The Morgan fingerprint density at radius 2 is 1.95 bits per heavy atom. The Bertz CT molecular complexity index is 484. The van der Waals surface area contributed by atoms with Crippen LogP contribution in [-0.4, -0.2) is 41.7 Å². The fourth-order valence-corrected chi connectivity index (χ4v) is 2.79. The van der Waals surface area contributed by atoms with Gasteiger partial charge in [0.25, 0.3) is 0 Å². The predicted octanol–water partition coefficient (Wildman–Crippen LogP) is 1.54. The van der Waals surface area contributed by atoms with Crippen LogP contribution in [0.25, 0.3) is 0 Å². The van der Waals surface area contributed by atoms with Crippen LogP contribution in [0.2, 0.25) is 5.02 Å². The SMILES string of the molecule is O[C@@H]1[C@@H]([C@@H]2OC[C@@H](F)c3cc(Cl)ccc32)OC[C@@H]1O. The van der Waals surface area contributed by atoms with Crippen LogP contribution < -0.4 is 0 Å². The van der Waals surface area contributed by atoms with Gasteiger partial charge >= 0.3 is 0 Å². The lowest BCUT2D eigenvalue weighted by Gasteiger charge is -2.33. The molecule has 0 bridgehead atoms. The van der Waals surface area contributed by atoms with Crippen LogP contribution in [0.4, 0.5) is 4.39 Å². The molecule has 6 heteroatoms. The minimum Gasteiger partial charge on any atom is -0.388 e. The van der Waals surface area contributed by atoms with Gasteiger partial charge in [-0.25, -0.2) is 4.39 Å². The first-order valence-electron chi connectivity index (χ1n) is 6.10. The van der Waals surface area contributed by atoms with E-state index in [-0.39, 0.29) is 13.2 Å². The number of hydrogen-bond donors (Lipinski definition) is 2. The van der Waals surface area contributed by atoms with Gasteiger partial charge in [-0.15, -0.1) is 0 Å². The molecule has 0 aromatic heterocycles. The van der Waals surface area contributed by atoms with Crippen molar-refractivity contribution in [2.24, 2.45) is 0 Å². The van der Waals surface area contributed by atoms with Crippen molar-refractivity contribution in [1.82, 2.24) is 0 Å². The predicted molar refractivity (Wildman–Crippen MR) is 65.7 cm³/mol. The summed E-state index contributed by atoms with van der Waals surface area (Å²) in [4.78, 5) is 0. The fraction of sp³-hybridized carbons (Fsp3) is 0.538. The van der Waals surface area contributed by atoms with E-state index in [9.17, 15) is 14.6 Å². The fourth-order valence-electron chi connectivity index (χ4n) is 2.61. The van der Waals surface area contributed by atoms with Gasteiger partial charge in [0, 0.05) is 5.02 Å². The van der Waals surface area contributed by atoms with Crippen LogP contribution in [0, 0.1) is 0 Å². The lowest BCUT2D eigenvalue weighted by Crippen LogP contribution is -2.37. The van der Waals surface area contributed by atoms with Gasteiger partial charge < -0.3 is 19.7 Å². The summed E-state index contributed by atoms with van der Waals surface area (Å²) in [6, 6.07) is 4.89. The lowest BCUT2D eigenvalue weighted by atomic mass is 9.91. The molecule has 0 saturated carbocycles. The summed E-state index contributed by atoms with van der Waals surface area (Å²) >= 11 is 5.87. The summed E-state index contributed by atoms with van der Waals surface area (Å²) in [6.45, 7) is -0.0612. The third kappa shape index (κ3) is 2.26. The number of alkyl halides is 1. The highest BCUT2D eigenvalue weighted by atomic mass is 35.5. The van der Waals surface area contributed by atoms with E-state index >= 15 is 0 Å². The summed E-state index contributed by atoms with van der Waals surface area (Å²) in [6.07, 6.45) is -4.50. The second kappa shape index (κ2) is 5.00. The molecule has 2 aliphatic heterocycles. The molecular formula is C13H14ClFO4. The molecule has 0 amide bonds. The number of halogens is 2. The molecule has 4 nitrogen and oxygen atoms in total. The van der Waals surface area contributed by atoms with Crippen molar-refractivity contribution in [2.75, 3.05) is 13.2 Å². The Kier molecular flexibility index (Phi) is 3.49. The van der Waals surface area contributed by atoms with Crippen molar-refractivity contribution in [2.45, 2.75) is 30.6 Å². The number of aliphatic hydroxyl groups is 2. The van der Waals surface area contributed by atoms with Gasteiger partial charge in [-0.3, -0.25) is 0 Å². The number of benzene rings is 1. The lowest BCUT2D eigenvalue weighted by molar-refractivity contribution is -0.104. The van der Waals surface area contributed by atoms with Crippen molar-refractivity contribution < 1.29 is 24.1 Å². The van der Waals surface area contributed by atoms with Gasteiger partial charge in [-0.1, -0.05) is 17.7 Å². The number of hydrogen-bond acceptors (Lipinski definition) is 4. The average Bonchev–Trinajstić information content (AvgIpc) is 2.72. The van der Waals surface area contributed by atoms with Crippen molar-refractivity contribution in [3.63, 3.8) is 0 Å². The molecule has 3 rings (SSSR count). The molecule has 1 aromatic carbocycles. The molecule has 2 N–H and O–H groups in total. The highest BCUT2D eigenvalue weighted by Gasteiger charge is 2.44. The van der Waals surface area contributed by atoms with Gasteiger partial charge in [0.1, 0.15) is 30.6 Å². The summed E-state index contributed by atoms with van der Waals surface area (Å²) in [7, 11) is 0. The first kappa shape index (κ1) is 13.3. The molecule has 0 spiro atoms. The van der Waals surface area contributed by atoms with E-state index in [1.54, 1.807) is 18.2 Å². The molecule has 1 aromatic rings. The van der Waals surface area contributed by atoms with E-state index in [0.717, 1.165) is 0 Å². The maximum absolute atomic E-state index is 13.9. The smallest absolute Gasteiger partial charge is 0.149 e. The van der Waals surface area contributed by atoms with Gasteiger partial charge in [0.2, 0.25) is 0 Å². The normalized spacial score (nSPS) is 38.2. The summed E-state index contributed by atoms with van der Waals surface area (Å²) < 4.78 is 24.7. The van der Waals surface area contributed by atoms with Crippen molar-refractivity contribution in [3.05, 3.63) is 34.3 Å². The number of ether oxygens (including phenoxy) is 2. The molecule has 19 heavy (non-hydrogen) atoms. The van der Waals surface area contributed by atoms with Crippen molar-refractivity contribution >= 4 is 11.6 Å². The molecule has 2 aliphatic rings. The second-order valence-corrected chi connectivity index (χ2v) is 5.29. The zero-order valence-electron chi connectivity index (χ0n) is 10.00. The monoisotopic (exact) mass is 288 g/mol. The Morgan fingerprint density at radius 3 is 2.63 bits per heavy atom. The van der Waals surface area contributed by atoms with E-state index in [1.807, 2.05) is 0 Å². The Morgan fingerprint density at radius 1 is 1.16 bits per heavy atom. The second-order valence-electron chi connectivity index (χ2n) is 4.85. The zero-order chi connectivity index (χ0) is 13.6. The molecule has 2 heterocycles. The first-order valence-corrected chi connectivity index (χ1v) is 6.48. The van der Waals surface area contributed by atoms with Crippen LogP contribution in [0.1, 0.15) is 23.4 Å². The molecule has 0 aliphatic carbocycles. The van der Waals surface area contributed by atoms with E-state index in [4.69, 9.17) is 21.1 Å². The van der Waals surface area contributed by atoms with E-state index in [2.05, 4.69) is 0 Å². The highest BCUT2D eigenvalue weighted by molar-refractivity contribution is 6.30. The molecule has 1 saturated heterocycles. The minimum absolute atomic E-state index is 0.0493. The average molecular weight is 289 g/mol. The van der Waals surface area contributed by atoms with Crippen LogP contribution in [0.15, 0.2) is 18.2 Å². The summed E-state index contributed by atoms with van der Waals surface area (Å²) in [5.74, 6) is 0. The molecule has 1 fully saturated rings. The van der Waals surface area contributed by atoms with Crippen molar-refractivity contribution in [1.29, 1.82) is 0 Å². The quantitative estimate of drug-likeness (QED) is 0.823. The maximum Gasteiger partial charge on any atom is 0.149 e. The Hall–Kier alpha value is -0.720. The van der Waals surface area contributed by atoms with E-state index in [1.165, 1.54) is 0 Å². The molecule has 0 radical (unpaired) electrons. The molecule has 5 atom stereocenters. The largest absolute Gasteiger partial charge is 0.388 e. The first-order chi connectivity index (χ1) is 9.08.